The SMILES string of the molecule is COc1ccc(CN2CC(O)C(O)C2)cc1C(N)=S. The van der Waals surface area contributed by atoms with Gasteiger partial charge in [-0.2, -0.15) is 0 Å². The minimum atomic E-state index is -0.673. The van der Waals surface area contributed by atoms with Crippen LogP contribution in [0.25, 0.3) is 0 Å². The molecule has 1 aliphatic heterocycles. The number of likely N-dealkylation sites (tertiary alicyclic amines) is 1. The standard InChI is InChI=1S/C13H18N2O3S/c1-18-12-3-2-8(4-9(12)13(14)19)5-15-6-10(16)11(17)7-15/h2-4,10-11,16-17H,5-7H2,1H3,(H2,14,19). The molecule has 0 bridgehead atoms. The Morgan fingerprint density at radius 2 is 2.05 bits per heavy atom. The van der Waals surface area contributed by atoms with Crippen LogP contribution in [0.1, 0.15) is 11.1 Å². The number of β-amino-alcohol motifs (C(OH)–C–C–N with tert-alkyl or cyclic N) is 2. The van der Waals surface area contributed by atoms with E-state index < -0.39 is 12.2 Å². The van der Waals surface area contributed by atoms with Crippen LogP contribution in [-0.4, -0.2) is 52.5 Å². The number of benzene rings is 1. The van der Waals surface area contributed by atoms with Gasteiger partial charge in [0.15, 0.2) is 0 Å². The average molecular weight is 282 g/mol. The number of aliphatic hydroxyl groups excluding tert-OH is 2. The number of rotatable bonds is 4. The van der Waals surface area contributed by atoms with Crippen molar-refractivity contribution in [1.82, 2.24) is 4.90 Å². The summed E-state index contributed by atoms with van der Waals surface area (Å²) in [7, 11) is 1.57. The van der Waals surface area contributed by atoms with Crippen LogP contribution in [0.2, 0.25) is 0 Å². The molecule has 1 heterocycles. The minimum Gasteiger partial charge on any atom is -0.496 e. The van der Waals surface area contributed by atoms with E-state index in [1.54, 1.807) is 7.11 Å². The molecule has 2 rings (SSSR count). The van der Waals surface area contributed by atoms with Crippen molar-refractivity contribution in [2.75, 3.05) is 20.2 Å². The van der Waals surface area contributed by atoms with Crippen LogP contribution in [-0.2, 0) is 6.54 Å². The Morgan fingerprint density at radius 3 is 2.58 bits per heavy atom. The maximum absolute atomic E-state index is 9.52. The van der Waals surface area contributed by atoms with Crippen LogP contribution in [0.5, 0.6) is 5.75 Å². The van der Waals surface area contributed by atoms with Crippen LogP contribution >= 0.6 is 12.2 Å². The lowest BCUT2D eigenvalue weighted by Gasteiger charge is -2.16. The monoisotopic (exact) mass is 282 g/mol. The van der Waals surface area contributed by atoms with Crippen molar-refractivity contribution in [1.29, 1.82) is 0 Å². The fraction of sp³-hybridized carbons (Fsp3) is 0.462. The first-order valence-electron chi connectivity index (χ1n) is 6.06. The van der Waals surface area contributed by atoms with Crippen LogP contribution in [0.3, 0.4) is 0 Å². The highest BCUT2D eigenvalue weighted by Gasteiger charge is 2.29. The van der Waals surface area contributed by atoms with Crippen LogP contribution in [0.15, 0.2) is 18.2 Å². The Kier molecular flexibility index (Phi) is 4.36. The number of thiocarbonyl (C=S) groups is 1. The highest BCUT2D eigenvalue weighted by molar-refractivity contribution is 7.80. The van der Waals surface area contributed by atoms with Crippen molar-refractivity contribution in [3.8, 4) is 5.75 Å². The molecule has 2 atom stereocenters. The topological polar surface area (TPSA) is 79.0 Å². The third kappa shape index (κ3) is 3.22. The molecular formula is C13H18N2O3S. The number of aliphatic hydroxyl groups is 2. The second-order valence-corrected chi connectivity index (χ2v) is 5.17. The minimum absolute atomic E-state index is 0.292. The number of nitrogens with two attached hydrogens (primary N) is 1. The maximum Gasteiger partial charge on any atom is 0.129 e. The van der Waals surface area contributed by atoms with Gasteiger partial charge in [0.25, 0.3) is 0 Å². The number of hydrogen-bond donors (Lipinski definition) is 3. The van der Waals surface area contributed by atoms with Crippen molar-refractivity contribution in [3.63, 3.8) is 0 Å². The molecular weight excluding hydrogens is 264 g/mol. The van der Waals surface area contributed by atoms with Gasteiger partial charge in [-0.25, -0.2) is 0 Å². The molecule has 19 heavy (non-hydrogen) atoms. The van der Waals surface area contributed by atoms with E-state index in [9.17, 15) is 10.2 Å². The van der Waals surface area contributed by atoms with Crippen molar-refractivity contribution in [3.05, 3.63) is 29.3 Å². The molecule has 4 N–H and O–H groups in total. The van der Waals surface area contributed by atoms with Gasteiger partial charge in [-0.1, -0.05) is 18.3 Å². The van der Waals surface area contributed by atoms with E-state index in [2.05, 4.69) is 0 Å². The Labute approximate surface area is 117 Å². The van der Waals surface area contributed by atoms with Crippen molar-refractivity contribution in [2.24, 2.45) is 5.73 Å². The highest BCUT2D eigenvalue weighted by atomic mass is 32.1. The second kappa shape index (κ2) is 5.83. The first kappa shape index (κ1) is 14.2. The summed E-state index contributed by atoms with van der Waals surface area (Å²) in [6, 6.07) is 5.64. The lowest BCUT2D eigenvalue weighted by molar-refractivity contribution is 0.0572. The van der Waals surface area contributed by atoms with Gasteiger partial charge >= 0.3 is 0 Å². The molecule has 1 aromatic rings. The van der Waals surface area contributed by atoms with E-state index in [1.807, 2.05) is 23.1 Å². The van der Waals surface area contributed by atoms with Crippen molar-refractivity contribution < 1.29 is 14.9 Å². The Bertz CT molecular complexity index is 471. The predicted octanol–water partition coefficient (Wildman–Crippen LogP) is -0.133. The summed E-state index contributed by atoms with van der Waals surface area (Å²) in [6.45, 7) is 1.57. The summed E-state index contributed by atoms with van der Waals surface area (Å²) in [5.74, 6) is 0.651. The predicted molar refractivity (Wildman–Crippen MR) is 76.2 cm³/mol. The van der Waals surface area contributed by atoms with E-state index in [4.69, 9.17) is 22.7 Å². The summed E-state index contributed by atoms with van der Waals surface area (Å²) >= 11 is 5.00. The van der Waals surface area contributed by atoms with E-state index in [-0.39, 0.29) is 0 Å². The molecule has 1 aliphatic rings. The van der Waals surface area contributed by atoms with Gasteiger partial charge in [0.1, 0.15) is 10.7 Å². The molecule has 1 aromatic carbocycles. The average Bonchev–Trinajstić information content (AvgIpc) is 2.68. The Balaban J connectivity index is 2.13. The van der Waals surface area contributed by atoms with Crippen molar-refractivity contribution >= 4 is 17.2 Å². The van der Waals surface area contributed by atoms with Crippen LogP contribution in [0, 0.1) is 0 Å². The molecule has 5 nitrogen and oxygen atoms in total. The molecule has 104 valence electrons. The van der Waals surface area contributed by atoms with Gasteiger partial charge in [0.2, 0.25) is 0 Å². The number of hydrogen-bond acceptors (Lipinski definition) is 5. The molecule has 0 spiro atoms. The Hall–Kier alpha value is -1.21. The lowest BCUT2D eigenvalue weighted by Crippen LogP contribution is -2.22. The van der Waals surface area contributed by atoms with E-state index >= 15 is 0 Å². The fourth-order valence-corrected chi connectivity index (χ4v) is 2.44. The first-order chi connectivity index (χ1) is 9.01. The smallest absolute Gasteiger partial charge is 0.129 e. The van der Waals surface area contributed by atoms with Gasteiger partial charge in [0.05, 0.1) is 24.9 Å². The second-order valence-electron chi connectivity index (χ2n) is 4.73. The zero-order valence-electron chi connectivity index (χ0n) is 10.7. The molecule has 1 fully saturated rings. The molecule has 6 heteroatoms. The van der Waals surface area contributed by atoms with Gasteiger partial charge in [0, 0.05) is 19.6 Å². The molecule has 1 saturated heterocycles. The van der Waals surface area contributed by atoms with E-state index in [1.165, 1.54) is 0 Å². The highest BCUT2D eigenvalue weighted by Crippen LogP contribution is 2.22. The van der Waals surface area contributed by atoms with Gasteiger partial charge in [-0.05, 0) is 17.7 Å². The van der Waals surface area contributed by atoms with E-state index in [0.717, 1.165) is 5.56 Å². The summed E-state index contributed by atoms with van der Waals surface area (Å²) in [6.07, 6.45) is -1.35. The third-order valence-electron chi connectivity index (χ3n) is 3.27. The summed E-state index contributed by atoms with van der Waals surface area (Å²) in [5.41, 5.74) is 7.39. The van der Waals surface area contributed by atoms with Crippen LogP contribution in [0.4, 0.5) is 0 Å². The molecule has 0 aliphatic carbocycles. The largest absolute Gasteiger partial charge is 0.496 e. The lowest BCUT2D eigenvalue weighted by atomic mass is 10.1. The maximum atomic E-state index is 9.52. The summed E-state index contributed by atoms with van der Waals surface area (Å²) in [5, 5.41) is 19.0. The number of methoxy groups -OCH3 is 1. The van der Waals surface area contributed by atoms with Crippen LogP contribution < -0.4 is 10.5 Å². The molecule has 0 saturated carbocycles. The number of ether oxygens (including phenoxy) is 1. The fourth-order valence-electron chi connectivity index (χ4n) is 2.28. The van der Waals surface area contributed by atoms with E-state index in [0.29, 0.717) is 35.9 Å². The van der Waals surface area contributed by atoms with Gasteiger partial charge in [-0.15, -0.1) is 0 Å². The van der Waals surface area contributed by atoms with Crippen molar-refractivity contribution in [2.45, 2.75) is 18.8 Å². The zero-order chi connectivity index (χ0) is 14.0. The third-order valence-corrected chi connectivity index (χ3v) is 3.49. The number of nitrogens with zero attached hydrogens (tertiary/aromatic N) is 1. The molecule has 0 radical (unpaired) electrons. The van der Waals surface area contributed by atoms with Gasteiger partial charge in [-0.3, -0.25) is 4.90 Å². The zero-order valence-corrected chi connectivity index (χ0v) is 11.6. The Morgan fingerprint density at radius 1 is 1.42 bits per heavy atom. The molecule has 2 unspecified atom stereocenters. The van der Waals surface area contributed by atoms with Gasteiger partial charge < -0.3 is 20.7 Å². The summed E-state index contributed by atoms with van der Waals surface area (Å²) in [4.78, 5) is 2.28. The molecule has 0 aromatic heterocycles. The quantitative estimate of drug-likeness (QED) is 0.668. The molecule has 0 amide bonds. The normalized spacial score (nSPS) is 23.5. The summed E-state index contributed by atoms with van der Waals surface area (Å²) < 4.78 is 5.20. The first-order valence-corrected chi connectivity index (χ1v) is 6.47.